The van der Waals surface area contributed by atoms with Gasteiger partial charge in [-0.05, 0) is 35.1 Å². The standard InChI is InChI=1S/C20H17ClN2O/c21-19-18(20(22)24)17(12-15-9-5-2-6-10-15)16(13-23-19)11-14-7-3-1-4-8-14/h1-10,13H,11-12H2,(H2,22,24). The third-order valence-corrected chi connectivity index (χ3v) is 4.22. The predicted octanol–water partition coefficient (Wildman–Crippen LogP) is 4.02. The third-order valence-electron chi connectivity index (χ3n) is 3.94. The predicted molar refractivity (Wildman–Crippen MR) is 96.3 cm³/mol. The molecule has 0 unspecified atom stereocenters. The molecule has 0 saturated carbocycles. The van der Waals surface area contributed by atoms with Crippen LogP contribution in [0.3, 0.4) is 0 Å². The van der Waals surface area contributed by atoms with Gasteiger partial charge in [0.2, 0.25) is 0 Å². The molecule has 2 N–H and O–H groups in total. The van der Waals surface area contributed by atoms with E-state index in [1.165, 1.54) is 0 Å². The van der Waals surface area contributed by atoms with E-state index in [4.69, 9.17) is 17.3 Å². The topological polar surface area (TPSA) is 56.0 Å². The zero-order chi connectivity index (χ0) is 16.9. The molecule has 1 heterocycles. The minimum absolute atomic E-state index is 0.158. The first kappa shape index (κ1) is 16.2. The Balaban J connectivity index is 2.07. The zero-order valence-electron chi connectivity index (χ0n) is 13.1. The molecule has 4 heteroatoms. The Morgan fingerprint density at radius 2 is 1.46 bits per heavy atom. The van der Waals surface area contributed by atoms with Crippen molar-refractivity contribution in [3.05, 3.63) is 99.8 Å². The van der Waals surface area contributed by atoms with Gasteiger partial charge in [-0.3, -0.25) is 4.79 Å². The van der Waals surface area contributed by atoms with Crippen LogP contribution in [-0.4, -0.2) is 10.9 Å². The van der Waals surface area contributed by atoms with Gasteiger partial charge in [-0.2, -0.15) is 0 Å². The number of nitrogens with zero attached hydrogens (tertiary/aromatic N) is 1. The Bertz CT molecular complexity index is 848. The number of primary amides is 1. The van der Waals surface area contributed by atoms with Crippen molar-refractivity contribution in [2.24, 2.45) is 5.73 Å². The third kappa shape index (κ3) is 3.63. The van der Waals surface area contributed by atoms with Crippen molar-refractivity contribution in [3.8, 4) is 0 Å². The van der Waals surface area contributed by atoms with E-state index < -0.39 is 5.91 Å². The maximum Gasteiger partial charge on any atom is 0.252 e. The van der Waals surface area contributed by atoms with Crippen molar-refractivity contribution in [2.45, 2.75) is 12.8 Å². The van der Waals surface area contributed by atoms with Crippen LogP contribution in [0.25, 0.3) is 0 Å². The lowest BCUT2D eigenvalue weighted by Crippen LogP contribution is -2.17. The van der Waals surface area contributed by atoms with Gasteiger partial charge >= 0.3 is 0 Å². The van der Waals surface area contributed by atoms with Gasteiger partial charge in [0.25, 0.3) is 5.91 Å². The maximum atomic E-state index is 11.9. The average molecular weight is 337 g/mol. The molecule has 0 aliphatic heterocycles. The lowest BCUT2D eigenvalue weighted by molar-refractivity contribution is 0.0999. The highest BCUT2D eigenvalue weighted by Crippen LogP contribution is 2.25. The highest BCUT2D eigenvalue weighted by atomic mass is 35.5. The summed E-state index contributed by atoms with van der Waals surface area (Å²) in [7, 11) is 0. The second-order valence-corrected chi connectivity index (χ2v) is 5.97. The van der Waals surface area contributed by atoms with Gasteiger partial charge in [-0.1, -0.05) is 72.3 Å². The molecule has 2 aromatic carbocycles. The molecule has 3 nitrogen and oxygen atoms in total. The Labute approximate surface area is 146 Å². The molecule has 0 aliphatic carbocycles. The Hall–Kier alpha value is -2.65. The molecule has 3 aromatic rings. The molecule has 0 spiro atoms. The average Bonchev–Trinajstić information content (AvgIpc) is 2.59. The second-order valence-electron chi connectivity index (χ2n) is 5.62. The minimum atomic E-state index is -0.548. The first-order valence-corrected chi connectivity index (χ1v) is 8.07. The van der Waals surface area contributed by atoms with Crippen molar-refractivity contribution in [1.82, 2.24) is 4.98 Å². The lowest BCUT2D eigenvalue weighted by atomic mass is 9.93. The Morgan fingerprint density at radius 1 is 0.917 bits per heavy atom. The second kappa shape index (κ2) is 7.28. The molecule has 3 rings (SSSR count). The van der Waals surface area contributed by atoms with Gasteiger partial charge in [0.05, 0.1) is 5.56 Å². The SMILES string of the molecule is NC(=O)c1c(Cl)ncc(Cc2ccccc2)c1Cc1ccccc1. The van der Waals surface area contributed by atoms with E-state index in [-0.39, 0.29) is 5.15 Å². The number of halogens is 1. The number of benzene rings is 2. The fourth-order valence-electron chi connectivity index (χ4n) is 2.78. The van der Waals surface area contributed by atoms with E-state index in [2.05, 4.69) is 4.98 Å². The van der Waals surface area contributed by atoms with Crippen LogP contribution in [0.2, 0.25) is 5.15 Å². The summed E-state index contributed by atoms with van der Waals surface area (Å²) >= 11 is 6.15. The molecule has 0 bridgehead atoms. The largest absolute Gasteiger partial charge is 0.365 e. The normalized spacial score (nSPS) is 10.5. The molecule has 0 fully saturated rings. The summed E-state index contributed by atoms with van der Waals surface area (Å²) in [6.45, 7) is 0. The van der Waals surface area contributed by atoms with Crippen LogP contribution in [0.5, 0.6) is 0 Å². The number of carbonyl (C=O) groups excluding carboxylic acids is 1. The minimum Gasteiger partial charge on any atom is -0.365 e. The van der Waals surface area contributed by atoms with Gasteiger partial charge in [-0.25, -0.2) is 4.98 Å². The monoisotopic (exact) mass is 336 g/mol. The van der Waals surface area contributed by atoms with Gasteiger partial charge < -0.3 is 5.73 Å². The van der Waals surface area contributed by atoms with Crippen LogP contribution in [0.1, 0.15) is 32.6 Å². The number of aromatic nitrogens is 1. The van der Waals surface area contributed by atoms with Crippen molar-refractivity contribution < 1.29 is 4.79 Å². The number of hydrogen-bond acceptors (Lipinski definition) is 2. The van der Waals surface area contributed by atoms with Crippen LogP contribution >= 0.6 is 11.6 Å². The number of carbonyl (C=O) groups is 1. The van der Waals surface area contributed by atoms with Crippen LogP contribution < -0.4 is 5.73 Å². The summed E-state index contributed by atoms with van der Waals surface area (Å²) < 4.78 is 0. The molecular weight excluding hydrogens is 320 g/mol. The summed E-state index contributed by atoms with van der Waals surface area (Å²) in [5.41, 5.74) is 9.93. The van der Waals surface area contributed by atoms with Gasteiger partial charge in [0, 0.05) is 6.20 Å². The number of hydrogen-bond donors (Lipinski definition) is 1. The van der Waals surface area contributed by atoms with Crippen molar-refractivity contribution in [3.63, 3.8) is 0 Å². The highest BCUT2D eigenvalue weighted by molar-refractivity contribution is 6.32. The van der Waals surface area contributed by atoms with Gasteiger partial charge in [-0.15, -0.1) is 0 Å². The molecular formula is C20H17ClN2O. The van der Waals surface area contributed by atoms with E-state index in [1.807, 2.05) is 60.7 Å². The molecule has 1 amide bonds. The van der Waals surface area contributed by atoms with Crippen molar-refractivity contribution in [1.29, 1.82) is 0 Å². The highest BCUT2D eigenvalue weighted by Gasteiger charge is 2.18. The smallest absolute Gasteiger partial charge is 0.252 e. The molecule has 0 radical (unpaired) electrons. The van der Waals surface area contributed by atoms with Crippen molar-refractivity contribution >= 4 is 17.5 Å². The molecule has 0 atom stereocenters. The zero-order valence-corrected chi connectivity index (χ0v) is 13.8. The lowest BCUT2D eigenvalue weighted by Gasteiger charge is -2.14. The Morgan fingerprint density at radius 3 is 2.00 bits per heavy atom. The molecule has 1 aromatic heterocycles. The molecule has 0 aliphatic rings. The quantitative estimate of drug-likeness (QED) is 0.715. The fraction of sp³-hybridized carbons (Fsp3) is 0.100. The van der Waals surface area contributed by atoms with Crippen LogP contribution in [0.15, 0.2) is 66.9 Å². The van der Waals surface area contributed by atoms with E-state index in [1.54, 1.807) is 6.20 Å². The van der Waals surface area contributed by atoms with E-state index in [0.29, 0.717) is 18.4 Å². The van der Waals surface area contributed by atoms with Crippen LogP contribution in [0, 0.1) is 0 Å². The van der Waals surface area contributed by atoms with E-state index >= 15 is 0 Å². The van der Waals surface area contributed by atoms with Gasteiger partial charge in [0.15, 0.2) is 0 Å². The molecule has 24 heavy (non-hydrogen) atoms. The molecule has 120 valence electrons. The molecule has 0 saturated heterocycles. The summed E-state index contributed by atoms with van der Waals surface area (Å²) in [4.78, 5) is 16.1. The summed E-state index contributed by atoms with van der Waals surface area (Å²) in [5, 5.41) is 0.158. The van der Waals surface area contributed by atoms with E-state index in [0.717, 1.165) is 22.3 Å². The summed E-state index contributed by atoms with van der Waals surface area (Å²) in [6, 6.07) is 20.0. The fourth-order valence-corrected chi connectivity index (χ4v) is 3.04. The number of rotatable bonds is 5. The number of nitrogens with two attached hydrogens (primary N) is 1. The number of pyridine rings is 1. The first-order chi connectivity index (χ1) is 11.6. The van der Waals surface area contributed by atoms with Crippen LogP contribution in [0.4, 0.5) is 0 Å². The summed E-state index contributed by atoms with van der Waals surface area (Å²) in [6.07, 6.45) is 3.00. The summed E-state index contributed by atoms with van der Waals surface area (Å²) in [5.74, 6) is -0.548. The maximum absolute atomic E-state index is 11.9. The first-order valence-electron chi connectivity index (χ1n) is 7.69. The van der Waals surface area contributed by atoms with E-state index in [9.17, 15) is 4.79 Å². The Kier molecular flexibility index (Phi) is 4.92. The number of amides is 1. The van der Waals surface area contributed by atoms with Crippen LogP contribution in [-0.2, 0) is 12.8 Å². The van der Waals surface area contributed by atoms with Crippen molar-refractivity contribution in [2.75, 3.05) is 0 Å². The van der Waals surface area contributed by atoms with Gasteiger partial charge in [0.1, 0.15) is 5.15 Å².